The Morgan fingerprint density at radius 1 is 1.48 bits per heavy atom. The molecule has 1 saturated heterocycles. The van der Waals surface area contributed by atoms with Gasteiger partial charge in [0.05, 0.1) is 12.6 Å². The Labute approximate surface area is 133 Å². The van der Waals surface area contributed by atoms with Gasteiger partial charge in [0, 0.05) is 23.6 Å². The first kappa shape index (κ1) is 15.4. The number of fused-ring (bicyclic) bond motifs is 1. The first-order valence-electron chi connectivity index (χ1n) is 7.64. The van der Waals surface area contributed by atoms with Crippen LogP contribution < -0.4 is 11.1 Å². The highest BCUT2D eigenvalue weighted by Gasteiger charge is 2.31. The summed E-state index contributed by atoms with van der Waals surface area (Å²) in [4.78, 5) is 27.7. The number of carbonyl (C=O) groups excluding carboxylic acids is 2. The fourth-order valence-corrected chi connectivity index (χ4v) is 3.03. The van der Waals surface area contributed by atoms with Crippen LogP contribution >= 0.6 is 0 Å². The number of rotatable bonds is 6. The molecule has 1 aromatic carbocycles. The largest absolute Gasteiger partial charge is 0.508 e. The van der Waals surface area contributed by atoms with Crippen LogP contribution in [0.5, 0.6) is 5.75 Å². The number of phenols is 1. The van der Waals surface area contributed by atoms with Crippen LogP contribution in [0.25, 0.3) is 10.9 Å². The molecule has 3 rings (SSSR count). The summed E-state index contributed by atoms with van der Waals surface area (Å²) >= 11 is 0. The van der Waals surface area contributed by atoms with Crippen LogP contribution in [0.15, 0.2) is 24.4 Å². The van der Waals surface area contributed by atoms with Crippen LogP contribution in [0, 0.1) is 0 Å². The third kappa shape index (κ3) is 3.29. The fraction of sp³-hybridized carbons (Fsp3) is 0.375. The number of amides is 2. The molecule has 2 aromatic rings. The number of benzene rings is 1. The molecule has 0 bridgehead atoms. The zero-order valence-corrected chi connectivity index (χ0v) is 12.7. The average molecular weight is 316 g/mol. The Balaban J connectivity index is 1.56. The molecular formula is C16H20N4O3. The van der Waals surface area contributed by atoms with Crippen molar-refractivity contribution in [2.75, 3.05) is 19.6 Å². The number of nitrogens with zero attached hydrogens (tertiary/aromatic N) is 1. The standard InChI is InChI=1S/C16H20N4O3/c17-15(22)9-20-6-4-14(16(20)23)18-5-3-10-8-19-13-2-1-11(21)7-12(10)13/h1-2,7-8,14,18-19,21H,3-6,9H2,(H2,17,22). The Morgan fingerprint density at radius 2 is 2.30 bits per heavy atom. The quantitative estimate of drug-likeness (QED) is 0.605. The molecule has 1 fully saturated rings. The van der Waals surface area contributed by atoms with Crippen molar-refractivity contribution in [3.8, 4) is 5.75 Å². The maximum absolute atomic E-state index is 12.1. The van der Waals surface area contributed by atoms with Crippen molar-refractivity contribution in [3.05, 3.63) is 30.0 Å². The zero-order chi connectivity index (χ0) is 16.4. The van der Waals surface area contributed by atoms with Crippen LogP contribution in [0.1, 0.15) is 12.0 Å². The molecule has 0 spiro atoms. The highest BCUT2D eigenvalue weighted by molar-refractivity contribution is 5.88. The Hall–Kier alpha value is -2.54. The molecule has 0 aliphatic carbocycles. The van der Waals surface area contributed by atoms with E-state index in [1.165, 1.54) is 4.90 Å². The van der Waals surface area contributed by atoms with Gasteiger partial charge in [-0.3, -0.25) is 9.59 Å². The highest BCUT2D eigenvalue weighted by atomic mass is 16.3. The van der Waals surface area contributed by atoms with Crippen molar-refractivity contribution in [2.24, 2.45) is 5.73 Å². The van der Waals surface area contributed by atoms with Crippen molar-refractivity contribution in [1.29, 1.82) is 0 Å². The van der Waals surface area contributed by atoms with Gasteiger partial charge in [-0.05, 0) is 43.1 Å². The molecule has 2 amide bonds. The summed E-state index contributed by atoms with van der Waals surface area (Å²) in [6.07, 6.45) is 3.34. The van der Waals surface area contributed by atoms with E-state index in [0.717, 1.165) is 22.9 Å². The number of aromatic hydroxyl groups is 1. The first-order chi connectivity index (χ1) is 11.0. The molecular weight excluding hydrogens is 296 g/mol. The lowest BCUT2D eigenvalue weighted by molar-refractivity contribution is -0.133. The maximum Gasteiger partial charge on any atom is 0.240 e. The van der Waals surface area contributed by atoms with Crippen LogP contribution in [-0.4, -0.2) is 52.5 Å². The number of nitrogens with one attached hydrogen (secondary N) is 2. The molecule has 1 unspecified atom stereocenters. The van der Waals surface area contributed by atoms with Gasteiger partial charge in [-0.2, -0.15) is 0 Å². The summed E-state index contributed by atoms with van der Waals surface area (Å²) in [5, 5.41) is 13.8. The summed E-state index contributed by atoms with van der Waals surface area (Å²) in [5.41, 5.74) is 7.19. The van der Waals surface area contributed by atoms with Gasteiger partial charge in [-0.25, -0.2) is 0 Å². The van der Waals surface area contributed by atoms with Crippen molar-refractivity contribution in [3.63, 3.8) is 0 Å². The molecule has 122 valence electrons. The van der Waals surface area contributed by atoms with Crippen LogP contribution in [0.2, 0.25) is 0 Å². The summed E-state index contributed by atoms with van der Waals surface area (Å²) in [5.74, 6) is -0.322. The van der Waals surface area contributed by atoms with Gasteiger partial charge in [0.2, 0.25) is 11.8 Å². The number of carbonyl (C=O) groups is 2. The van der Waals surface area contributed by atoms with E-state index in [2.05, 4.69) is 10.3 Å². The van der Waals surface area contributed by atoms with E-state index in [4.69, 9.17) is 5.73 Å². The van der Waals surface area contributed by atoms with Gasteiger partial charge >= 0.3 is 0 Å². The van der Waals surface area contributed by atoms with E-state index in [-0.39, 0.29) is 24.2 Å². The second-order valence-corrected chi connectivity index (χ2v) is 5.82. The molecule has 1 aliphatic heterocycles. The first-order valence-corrected chi connectivity index (χ1v) is 7.64. The molecule has 1 aromatic heterocycles. The molecule has 0 radical (unpaired) electrons. The third-order valence-corrected chi connectivity index (χ3v) is 4.18. The van der Waals surface area contributed by atoms with Gasteiger partial charge in [0.15, 0.2) is 0 Å². The number of primary amides is 1. The Bertz CT molecular complexity index is 740. The summed E-state index contributed by atoms with van der Waals surface area (Å²) in [6.45, 7) is 1.18. The van der Waals surface area contributed by atoms with Gasteiger partial charge < -0.3 is 26.0 Å². The van der Waals surface area contributed by atoms with E-state index in [1.54, 1.807) is 12.1 Å². The summed E-state index contributed by atoms with van der Waals surface area (Å²) in [7, 11) is 0. The second kappa shape index (κ2) is 6.29. The number of nitrogens with two attached hydrogens (primary N) is 1. The number of hydrogen-bond donors (Lipinski definition) is 4. The molecule has 1 aliphatic rings. The van der Waals surface area contributed by atoms with Gasteiger partial charge in [0.25, 0.3) is 0 Å². The predicted octanol–water partition coefficient (Wildman–Crippen LogP) is 0.0918. The Kier molecular flexibility index (Phi) is 4.20. The minimum atomic E-state index is -0.488. The van der Waals surface area contributed by atoms with Crippen LogP contribution in [0.3, 0.4) is 0 Å². The lowest BCUT2D eigenvalue weighted by Crippen LogP contribution is -2.41. The van der Waals surface area contributed by atoms with E-state index < -0.39 is 5.91 Å². The monoisotopic (exact) mass is 316 g/mol. The van der Waals surface area contributed by atoms with E-state index >= 15 is 0 Å². The number of likely N-dealkylation sites (tertiary alicyclic amines) is 1. The minimum Gasteiger partial charge on any atom is -0.508 e. The maximum atomic E-state index is 12.1. The smallest absolute Gasteiger partial charge is 0.240 e. The summed E-state index contributed by atoms with van der Waals surface area (Å²) in [6, 6.07) is 4.96. The minimum absolute atomic E-state index is 0.0151. The lowest BCUT2D eigenvalue weighted by atomic mass is 10.1. The van der Waals surface area contributed by atoms with Crippen LogP contribution in [0.4, 0.5) is 0 Å². The summed E-state index contributed by atoms with van der Waals surface area (Å²) < 4.78 is 0. The molecule has 7 heteroatoms. The van der Waals surface area contributed by atoms with Crippen molar-refractivity contribution in [2.45, 2.75) is 18.9 Å². The fourth-order valence-electron chi connectivity index (χ4n) is 3.03. The number of phenolic OH excluding ortho intramolecular Hbond substituents is 1. The number of aromatic nitrogens is 1. The molecule has 1 atom stereocenters. The normalized spacial score (nSPS) is 18.0. The lowest BCUT2D eigenvalue weighted by Gasteiger charge is -2.15. The van der Waals surface area contributed by atoms with E-state index in [9.17, 15) is 14.7 Å². The molecule has 5 N–H and O–H groups in total. The number of H-pyrrole nitrogens is 1. The van der Waals surface area contributed by atoms with E-state index in [0.29, 0.717) is 19.5 Å². The average Bonchev–Trinajstić information content (AvgIpc) is 3.05. The predicted molar refractivity (Wildman–Crippen MR) is 85.8 cm³/mol. The molecule has 23 heavy (non-hydrogen) atoms. The Morgan fingerprint density at radius 3 is 3.09 bits per heavy atom. The highest BCUT2D eigenvalue weighted by Crippen LogP contribution is 2.23. The van der Waals surface area contributed by atoms with Crippen molar-refractivity contribution in [1.82, 2.24) is 15.2 Å². The second-order valence-electron chi connectivity index (χ2n) is 5.82. The number of aromatic amines is 1. The molecule has 2 heterocycles. The SMILES string of the molecule is NC(=O)CN1CCC(NCCc2c[nH]c3ccc(O)cc23)C1=O. The number of hydrogen-bond acceptors (Lipinski definition) is 4. The van der Waals surface area contributed by atoms with Crippen molar-refractivity contribution >= 4 is 22.7 Å². The van der Waals surface area contributed by atoms with Gasteiger partial charge in [-0.15, -0.1) is 0 Å². The van der Waals surface area contributed by atoms with E-state index in [1.807, 2.05) is 12.3 Å². The zero-order valence-electron chi connectivity index (χ0n) is 12.7. The van der Waals surface area contributed by atoms with Gasteiger partial charge in [-0.1, -0.05) is 0 Å². The molecule has 7 nitrogen and oxygen atoms in total. The molecule has 0 saturated carbocycles. The van der Waals surface area contributed by atoms with Gasteiger partial charge in [0.1, 0.15) is 5.75 Å². The topological polar surface area (TPSA) is 111 Å². The van der Waals surface area contributed by atoms with Crippen LogP contribution in [-0.2, 0) is 16.0 Å². The third-order valence-electron chi connectivity index (χ3n) is 4.18. The van der Waals surface area contributed by atoms with Crippen molar-refractivity contribution < 1.29 is 14.7 Å².